The minimum atomic E-state index is -0.265. The number of nitrogens with two attached hydrogens (primary N) is 1. The number of hydrogen-bond acceptors (Lipinski definition) is 7. The lowest BCUT2D eigenvalue weighted by molar-refractivity contribution is -0.134. The molecule has 0 unspecified atom stereocenters. The fraction of sp³-hybridized carbons (Fsp3) is 0.444. The SMILES string of the molecule is CCOc1ccc([C@@H]2CC(c3ccc(OC)cc3OC)=NN2C(=O)CN2CCC(C(N)=O)CC2)cc1. The maximum atomic E-state index is 13.5. The maximum Gasteiger partial charge on any atom is 0.257 e. The molecule has 2 aliphatic rings. The summed E-state index contributed by atoms with van der Waals surface area (Å²) in [6, 6.07) is 13.1. The number of benzene rings is 2. The standard InChI is InChI=1S/C27H34N4O5/c1-4-36-20-7-5-18(6-8-20)24-16-23(22-10-9-21(34-2)15-25(22)35-3)29-31(24)26(32)17-30-13-11-19(12-14-30)27(28)33/h5-10,15,19,24H,4,11-14,16-17H2,1-3H3,(H2,28,33)/t24-/m0/s1. The normalized spacial score (nSPS) is 18.6. The molecule has 0 aliphatic carbocycles. The van der Waals surface area contributed by atoms with Crippen molar-refractivity contribution in [3.8, 4) is 17.2 Å². The molecule has 2 heterocycles. The quantitative estimate of drug-likeness (QED) is 0.574. The second kappa shape index (κ2) is 11.4. The predicted octanol–water partition coefficient (Wildman–Crippen LogP) is 2.98. The number of methoxy groups -OCH3 is 2. The second-order valence-electron chi connectivity index (χ2n) is 9.03. The van der Waals surface area contributed by atoms with Gasteiger partial charge in [-0.05, 0) is 62.7 Å². The molecule has 9 nitrogen and oxygen atoms in total. The van der Waals surface area contributed by atoms with Crippen LogP contribution in [0.1, 0.15) is 43.4 Å². The number of carbonyl (C=O) groups is 2. The third-order valence-corrected chi connectivity index (χ3v) is 6.81. The van der Waals surface area contributed by atoms with Crippen LogP contribution in [0, 0.1) is 5.92 Å². The summed E-state index contributed by atoms with van der Waals surface area (Å²) < 4.78 is 16.5. The largest absolute Gasteiger partial charge is 0.497 e. The van der Waals surface area contributed by atoms with Gasteiger partial charge in [0.2, 0.25) is 5.91 Å². The number of primary amides is 1. The molecule has 0 bridgehead atoms. The van der Waals surface area contributed by atoms with E-state index in [1.165, 1.54) is 0 Å². The third kappa shape index (κ3) is 5.62. The van der Waals surface area contributed by atoms with Crippen LogP contribution in [0.2, 0.25) is 0 Å². The number of nitrogens with zero attached hydrogens (tertiary/aromatic N) is 3. The fourth-order valence-corrected chi connectivity index (χ4v) is 4.79. The molecule has 2 N–H and O–H groups in total. The molecule has 0 aromatic heterocycles. The Balaban J connectivity index is 1.58. The average molecular weight is 495 g/mol. The van der Waals surface area contributed by atoms with Gasteiger partial charge in [0.25, 0.3) is 5.91 Å². The van der Waals surface area contributed by atoms with Crippen molar-refractivity contribution in [2.45, 2.75) is 32.2 Å². The Morgan fingerprint density at radius 3 is 2.33 bits per heavy atom. The second-order valence-corrected chi connectivity index (χ2v) is 9.03. The molecule has 2 aliphatic heterocycles. The van der Waals surface area contributed by atoms with Crippen molar-refractivity contribution in [2.24, 2.45) is 16.8 Å². The van der Waals surface area contributed by atoms with Crippen LogP contribution in [0.4, 0.5) is 0 Å². The summed E-state index contributed by atoms with van der Waals surface area (Å²) in [5, 5.41) is 6.39. The molecular formula is C27H34N4O5. The first-order chi connectivity index (χ1) is 17.4. The number of hydrazone groups is 1. The number of carbonyl (C=O) groups excluding carboxylic acids is 2. The molecule has 1 fully saturated rings. The molecule has 4 rings (SSSR count). The van der Waals surface area contributed by atoms with E-state index in [-0.39, 0.29) is 30.3 Å². The molecule has 1 saturated heterocycles. The maximum absolute atomic E-state index is 13.5. The summed E-state index contributed by atoms with van der Waals surface area (Å²) in [4.78, 5) is 27.1. The molecule has 192 valence electrons. The number of amides is 2. The summed E-state index contributed by atoms with van der Waals surface area (Å²) in [6.07, 6.45) is 1.89. The van der Waals surface area contributed by atoms with E-state index in [1.807, 2.05) is 49.4 Å². The van der Waals surface area contributed by atoms with Gasteiger partial charge in [-0.3, -0.25) is 14.5 Å². The van der Waals surface area contributed by atoms with Crippen LogP contribution in [0.15, 0.2) is 47.6 Å². The van der Waals surface area contributed by atoms with Gasteiger partial charge in [-0.25, -0.2) is 5.01 Å². The van der Waals surface area contributed by atoms with Gasteiger partial charge in [0.05, 0.1) is 39.1 Å². The first kappa shape index (κ1) is 25.5. The van der Waals surface area contributed by atoms with Crippen LogP contribution in [0.25, 0.3) is 0 Å². The van der Waals surface area contributed by atoms with Crippen LogP contribution in [-0.4, -0.2) is 67.9 Å². The predicted molar refractivity (Wildman–Crippen MR) is 136 cm³/mol. The molecule has 1 atom stereocenters. The lowest BCUT2D eigenvalue weighted by atomic mass is 9.96. The Morgan fingerprint density at radius 1 is 1.03 bits per heavy atom. The molecule has 0 saturated carbocycles. The van der Waals surface area contributed by atoms with Gasteiger partial charge in [0.15, 0.2) is 0 Å². The van der Waals surface area contributed by atoms with Crippen LogP contribution in [-0.2, 0) is 9.59 Å². The van der Waals surface area contributed by atoms with Gasteiger partial charge in [-0.1, -0.05) is 12.1 Å². The number of piperidine rings is 1. The lowest BCUT2D eigenvalue weighted by Crippen LogP contribution is -2.43. The monoisotopic (exact) mass is 494 g/mol. The summed E-state index contributed by atoms with van der Waals surface area (Å²) >= 11 is 0. The highest BCUT2D eigenvalue weighted by molar-refractivity contribution is 6.05. The Hall–Kier alpha value is -3.59. The number of hydrogen-bond donors (Lipinski definition) is 1. The number of likely N-dealkylation sites (tertiary alicyclic amines) is 1. The topological polar surface area (TPSA) is 107 Å². The minimum Gasteiger partial charge on any atom is -0.497 e. The molecule has 0 spiro atoms. The van der Waals surface area contributed by atoms with E-state index in [1.54, 1.807) is 19.2 Å². The van der Waals surface area contributed by atoms with Crippen molar-refractivity contribution in [2.75, 3.05) is 40.5 Å². The van der Waals surface area contributed by atoms with E-state index in [9.17, 15) is 9.59 Å². The fourth-order valence-electron chi connectivity index (χ4n) is 4.79. The van der Waals surface area contributed by atoms with E-state index in [2.05, 4.69) is 4.90 Å². The summed E-state index contributed by atoms with van der Waals surface area (Å²) in [7, 11) is 3.21. The van der Waals surface area contributed by atoms with E-state index in [0.717, 1.165) is 22.6 Å². The van der Waals surface area contributed by atoms with Crippen molar-refractivity contribution in [1.82, 2.24) is 9.91 Å². The zero-order chi connectivity index (χ0) is 25.7. The molecule has 2 amide bonds. The van der Waals surface area contributed by atoms with Gasteiger partial charge < -0.3 is 19.9 Å². The summed E-state index contributed by atoms with van der Waals surface area (Å²) in [6.45, 7) is 4.08. The zero-order valence-corrected chi connectivity index (χ0v) is 21.1. The van der Waals surface area contributed by atoms with Gasteiger partial charge in [-0.15, -0.1) is 0 Å². The molecule has 9 heteroatoms. The molecule has 2 aromatic carbocycles. The highest BCUT2D eigenvalue weighted by Gasteiger charge is 2.35. The smallest absolute Gasteiger partial charge is 0.257 e. The number of rotatable bonds is 9. The van der Waals surface area contributed by atoms with E-state index >= 15 is 0 Å². The van der Waals surface area contributed by atoms with Crippen molar-refractivity contribution in [3.63, 3.8) is 0 Å². The zero-order valence-electron chi connectivity index (χ0n) is 21.1. The van der Waals surface area contributed by atoms with Gasteiger partial charge >= 0.3 is 0 Å². The summed E-state index contributed by atoms with van der Waals surface area (Å²) in [5.41, 5.74) is 8.04. The molecule has 0 radical (unpaired) electrons. The van der Waals surface area contributed by atoms with Crippen molar-refractivity contribution >= 4 is 17.5 Å². The molecular weight excluding hydrogens is 460 g/mol. The first-order valence-electron chi connectivity index (χ1n) is 12.3. The van der Waals surface area contributed by atoms with Crippen LogP contribution in [0.3, 0.4) is 0 Å². The third-order valence-electron chi connectivity index (χ3n) is 6.81. The first-order valence-corrected chi connectivity index (χ1v) is 12.3. The molecule has 2 aromatic rings. The van der Waals surface area contributed by atoms with Crippen molar-refractivity contribution in [3.05, 3.63) is 53.6 Å². The van der Waals surface area contributed by atoms with Gasteiger partial charge in [0.1, 0.15) is 17.2 Å². The lowest BCUT2D eigenvalue weighted by Gasteiger charge is -2.31. The highest BCUT2D eigenvalue weighted by Crippen LogP contribution is 2.37. The Kier molecular flexibility index (Phi) is 8.10. The van der Waals surface area contributed by atoms with E-state index in [4.69, 9.17) is 25.0 Å². The van der Waals surface area contributed by atoms with Crippen molar-refractivity contribution < 1.29 is 23.8 Å². The molecule has 36 heavy (non-hydrogen) atoms. The van der Waals surface area contributed by atoms with Gasteiger partial charge in [0, 0.05) is 24.0 Å². The Bertz CT molecular complexity index is 1110. The Morgan fingerprint density at radius 2 is 1.72 bits per heavy atom. The average Bonchev–Trinajstić information content (AvgIpc) is 3.34. The van der Waals surface area contributed by atoms with Crippen LogP contribution >= 0.6 is 0 Å². The number of ether oxygens (including phenoxy) is 3. The van der Waals surface area contributed by atoms with E-state index < -0.39 is 0 Å². The Labute approximate surface area is 211 Å². The van der Waals surface area contributed by atoms with Crippen molar-refractivity contribution in [1.29, 1.82) is 0 Å². The van der Waals surface area contributed by atoms with Crippen LogP contribution < -0.4 is 19.9 Å². The summed E-state index contributed by atoms with van der Waals surface area (Å²) in [5.74, 6) is 1.64. The van der Waals surface area contributed by atoms with Gasteiger partial charge in [-0.2, -0.15) is 5.10 Å². The van der Waals surface area contributed by atoms with Crippen LogP contribution in [0.5, 0.6) is 17.2 Å². The van der Waals surface area contributed by atoms with E-state index in [0.29, 0.717) is 50.5 Å². The minimum absolute atomic E-state index is 0.0890. The highest BCUT2D eigenvalue weighted by atomic mass is 16.5.